The summed E-state index contributed by atoms with van der Waals surface area (Å²) in [6, 6.07) is 13.6. The standard InChI is InChI=1S/C22H22N2O4/c25-21-16-4-1-2-5-17(16)22(26)24(21)11-10-23-9-3-6-18(23)15-7-8-19-20(14-15)28-13-12-27-19/h1-2,4-5,7-8,14,18H,3,6,9-13H2/p+1/t18-/m1/s1. The Hall–Kier alpha value is -2.86. The van der Waals surface area contributed by atoms with Gasteiger partial charge in [-0.05, 0) is 30.3 Å². The van der Waals surface area contributed by atoms with Gasteiger partial charge in [-0.2, -0.15) is 0 Å². The van der Waals surface area contributed by atoms with Crippen LogP contribution in [-0.4, -0.2) is 49.6 Å². The van der Waals surface area contributed by atoms with E-state index >= 15 is 0 Å². The lowest BCUT2D eigenvalue weighted by Gasteiger charge is -2.25. The Kier molecular flexibility index (Phi) is 4.28. The number of nitrogens with zero attached hydrogens (tertiary/aromatic N) is 1. The van der Waals surface area contributed by atoms with Gasteiger partial charge in [0.25, 0.3) is 11.8 Å². The highest BCUT2D eigenvalue weighted by molar-refractivity contribution is 6.21. The molecule has 0 radical (unpaired) electrons. The fraction of sp³-hybridized carbons (Fsp3) is 0.364. The van der Waals surface area contributed by atoms with Crippen LogP contribution >= 0.6 is 0 Å². The van der Waals surface area contributed by atoms with Crippen molar-refractivity contribution in [2.45, 2.75) is 18.9 Å². The second-order valence-electron chi connectivity index (χ2n) is 7.56. The molecule has 0 spiro atoms. The van der Waals surface area contributed by atoms with E-state index in [1.807, 2.05) is 6.07 Å². The number of hydrogen-bond donors (Lipinski definition) is 1. The summed E-state index contributed by atoms with van der Waals surface area (Å²) in [6.07, 6.45) is 2.23. The summed E-state index contributed by atoms with van der Waals surface area (Å²) in [4.78, 5) is 28.0. The molecule has 3 aliphatic heterocycles. The van der Waals surface area contributed by atoms with Gasteiger partial charge in [0.2, 0.25) is 0 Å². The van der Waals surface area contributed by atoms with Gasteiger partial charge >= 0.3 is 0 Å². The third kappa shape index (κ3) is 2.85. The number of likely N-dealkylation sites (tertiary alicyclic amines) is 1. The average molecular weight is 379 g/mol. The van der Waals surface area contributed by atoms with Gasteiger partial charge in [-0.15, -0.1) is 0 Å². The molecule has 5 rings (SSSR count). The van der Waals surface area contributed by atoms with Crippen molar-refractivity contribution < 1.29 is 24.0 Å². The molecule has 0 aliphatic carbocycles. The average Bonchev–Trinajstić information content (AvgIpc) is 3.30. The van der Waals surface area contributed by atoms with Crippen molar-refractivity contribution in [1.82, 2.24) is 4.90 Å². The summed E-state index contributed by atoms with van der Waals surface area (Å²) in [6.45, 7) is 3.42. The Morgan fingerprint density at radius 3 is 2.43 bits per heavy atom. The Balaban J connectivity index is 1.30. The largest absolute Gasteiger partial charge is 0.486 e. The van der Waals surface area contributed by atoms with Crippen LogP contribution in [0.5, 0.6) is 11.5 Å². The predicted molar refractivity (Wildman–Crippen MR) is 102 cm³/mol. The fourth-order valence-corrected chi connectivity index (χ4v) is 4.59. The molecule has 2 atom stereocenters. The molecule has 3 heterocycles. The molecule has 0 saturated carbocycles. The number of carbonyl (C=O) groups excluding carboxylic acids is 2. The van der Waals surface area contributed by atoms with Crippen molar-refractivity contribution in [3.05, 3.63) is 59.2 Å². The molecule has 28 heavy (non-hydrogen) atoms. The number of quaternary nitrogens is 1. The Morgan fingerprint density at radius 2 is 1.68 bits per heavy atom. The third-order valence-corrected chi connectivity index (χ3v) is 5.99. The zero-order chi connectivity index (χ0) is 19.1. The number of fused-ring (bicyclic) bond motifs is 2. The minimum atomic E-state index is -0.171. The van der Waals surface area contributed by atoms with E-state index in [2.05, 4.69) is 12.1 Å². The van der Waals surface area contributed by atoms with Crippen LogP contribution in [0.25, 0.3) is 0 Å². The van der Waals surface area contributed by atoms with Crippen LogP contribution in [0, 0.1) is 0 Å². The summed E-state index contributed by atoms with van der Waals surface area (Å²) in [7, 11) is 0. The molecular formula is C22H23N2O4+. The highest BCUT2D eigenvalue weighted by atomic mass is 16.6. The first kappa shape index (κ1) is 17.3. The Labute approximate surface area is 163 Å². The third-order valence-electron chi connectivity index (χ3n) is 5.99. The van der Waals surface area contributed by atoms with Crippen molar-refractivity contribution in [2.24, 2.45) is 0 Å². The highest BCUT2D eigenvalue weighted by Crippen LogP contribution is 2.33. The van der Waals surface area contributed by atoms with Crippen molar-refractivity contribution >= 4 is 11.8 Å². The molecule has 3 aliphatic rings. The van der Waals surface area contributed by atoms with Crippen LogP contribution in [0.2, 0.25) is 0 Å². The molecule has 1 N–H and O–H groups in total. The lowest BCUT2D eigenvalue weighted by atomic mass is 10.0. The number of rotatable bonds is 4. The molecule has 6 heteroatoms. The number of imide groups is 1. The maximum Gasteiger partial charge on any atom is 0.261 e. The maximum absolute atomic E-state index is 12.6. The van der Waals surface area contributed by atoms with E-state index in [1.54, 1.807) is 24.3 Å². The van der Waals surface area contributed by atoms with Crippen LogP contribution < -0.4 is 14.4 Å². The number of hydrogen-bond acceptors (Lipinski definition) is 4. The summed E-state index contributed by atoms with van der Waals surface area (Å²) in [5.74, 6) is 1.28. The zero-order valence-corrected chi connectivity index (χ0v) is 15.6. The normalized spacial score (nSPS) is 23.2. The number of nitrogens with one attached hydrogen (secondary N) is 1. The Morgan fingerprint density at radius 1 is 0.964 bits per heavy atom. The molecule has 1 unspecified atom stereocenters. The molecule has 6 nitrogen and oxygen atoms in total. The van der Waals surface area contributed by atoms with Gasteiger partial charge in [-0.1, -0.05) is 12.1 Å². The van der Waals surface area contributed by atoms with Crippen LogP contribution in [0.3, 0.4) is 0 Å². The van der Waals surface area contributed by atoms with Crippen LogP contribution in [0.15, 0.2) is 42.5 Å². The Bertz CT molecular complexity index is 907. The number of benzene rings is 2. The van der Waals surface area contributed by atoms with Crippen LogP contribution in [0.4, 0.5) is 0 Å². The van der Waals surface area contributed by atoms with Gasteiger partial charge in [-0.3, -0.25) is 14.5 Å². The molecule has 1 saturated heterocycles. The summed E-state index contributed by atoms with van der Waals surface area (Å²) in [5.41, 5.74) is 2.28. The minimum Gasteiger partial charge on any atom is -0.486 e. The first-order valence-corrected chi connectivity index (χ1v) is 9.92. The van der Waals surface area contributed by atoms with Crippen LogP contribution in [-0.2, 0) is 0 Å². The molecular weight excluding hydrogens is 356 g/mol. The first-order chi connectivity index (χ1) is 13.7. The molecule has 2 aromatic carbocycles. The lowest BCUT2D eigenvalue weighted by molar-refractivity contribution is -0.917. The van der Waals surface area contributed by atoms with Gasteiger partial charge in [0.15, 0.2) is 11.5 Å². The topological polar surface area (TPSA) is 60.3 Å². The second-order valence-corrected chi connectivity index (χ2v) is 7.56. The summed E-state index contributed by atoms with van der Waals surface area (Å²) < 4.78 is 11.4. The van der Waals surface area contributed by atoms with Crippen molar-refractivity contribution in [3.8, 4) is 11.5 Å². The summed E-state index contributed by atoms with van der Waals surface area (Å²) in [5, 5.41) is 0. The van der Waals surface area contributed by atoms with E-state index in [9.17, 15) is 9.59 Å². The van der Waals surface area contributed by atoms with E-state index < -0.39 is 0 Å². The molecule has 0 aromatic heterocycles. The zero-order valence-electron chi connectivity index (χ0n) is 15.6. The van der Waals surface area contributed by atoms with Gasteiger partial charge in [-0.25, -0.2) is 0 Å². The van der Waals surface area contributed by atoms with E-state index in [0.29, 0.717) is 36.9 Å². The van der Waals surface area contributed by atoms with E-state index in [1.165, 1.54) is 15.4 Å². The highest BCUT2D eigenvalue weighted by Gasteiger charge is 2.37. The van der Waals surface area contributed by atoms with Crippen molar-refractivity contribution in [2.75, 3.05) is 32.8 Å². The van der Waals surface area contributed by atoms with E-state index in [-0.39, 0.29) is 11.8 Å². The molecule has 2 aromatic rings. The lowest BCUT2D eigenvalue weighted by Crippen LogP contribution is -3.11. The van der Waals surface area contributed by atoms with Crippen LogP contribution in [0.1, 0.15) is 45.2 Å². The fourth-order valence-electron chi connectivity index (χ4n) is 4.59. The number of ether oxygens (including phenoxy) is 2. The van der Waals surface area contributed by atoms with E-state index in [0.717, 1.165) is 37.4 Å². The minimum absolute atomic E-state index is 0.171. The molecule has 144 valence electrons. The van der Waals surface area contributed by atoms with Gasteiger partial charge < -0.3 is 14.4 Å². The van der Waals surface area contributed by atoms with Gasteiger partial charge in [0.05, 0.1) is 30.8 Å². The smallest absolute Gasteiger partial charge is 0.261 e. The molecule has 0 bridgehead atoms. The van der Waals surface area contributed by atoms with Gasteiger partial charge in [0, 0.05) is 18.4 Å². The van der Waals surface area contributed by atoms with Crippen molar-refractivity contribution in [1.29, 1.82) is 0 Å². The summed E-state index contributed by atoms with van der Waals surface area (Å²) >= 11 is 0. The van der Waals surface area contributed by atoms with Crippen molar-refractivity contribution in [3.63, 3.8) is 0 Å². The van der Waals surface area contributed by atoms with E-state index in [4.69, 9.17) is 9.47 Å². The predicted octanol–water partition coefficient (Wildman–Crippen LogP) is 1.47. The first-order valence-electron chi connectivity index (χ1n) is 9.92. The SMILES string of the molecule is O=C1c2ccccc2C(=O)N1CC[NH+]1CCC[C@@H]1c1ccc2c(c1)OCCO2. The number of amides is 2. The monoisotopic (exact) mass is 379 g/mol. The maximum atomic E-state index is 12.6. The molecule has 1 fully saturated rings. The second kappa shape index (κ2) is 6.95. The van der Waals surface area contributed by atoms with Gasteiger partial charge in [0.1, 0.15) is 19.3 Å². The number of carbonyl (C=O) groups is 2. The molecule has 2 amide bonds. The quantitative estimate of drug-likeness (QED) is 0.818.